The first-order chi connectivity index (χ1) is 8.90. The zero-order valence-corrected chi connectivity index (χ0v) is 12.3. The molecule has 0 radical (unpaired) electrons. The Morgan fingerprint density at radius 1 is 1.47 bits per heavy atom. The fourth-order valence-electron chi connectivity index (χ4n) is 1.45. The number of amides is 1. The van der Waals surface area contributed by atoms with E-state index in [0.29, 0.717) is 10.7 Å². The van der Waals surface area contributed by atoms with E-state index in [1.54, 1.807) is 25.1 Å². The molecule has 19 heavy (non-hydrogen) atoms. The number of carbonyl (C=O) groups excluding carboxylic acids is 1. The first kappa shape index (κ1) is 15.9. The van der Waals surface area contributed by atoms with Crippen LogP contribution in [-0.2, 0) is 9.59 Å². The topological polar surface area (TPSA) is 66.4 Å². The fourth-order valence-corrected chi connectivity index (χ4v) is 2.39. The number of carboxylic acid groups (broad SMARTS) is 1. The predicted molar refractivity (Wildman–Crippen MR) is 79.0 cm³/mol. The van der Waals surface area contributed by atoms with Crippen LogP contribution >= 0.6 is 23.4 Å². The average molecular weight is 302 g/mol. The molecule has 0 fully saturated rings. The summed E-state index contributed by atoms with van der Waals surface area (Å²) >= 11 is 7.28. The van der Waals surface area contributed by atoms with Crippen LogP contribution in [0.25, 0.3) is 0 Å². The summed E-state index contributed by atoms with van der Waals surface area (Å²) in [6.45, 7) is 3.62. The minimum absolute atomic E-state index is 0.0497. The van der Waals surface area contributed by atoms with Crippen molar-refractivity contribution in [3.63, 3.8) is 0 Å². The van der Waals surface area contributed by atoms with E-state index in [1.807, 2.05) is 6.92 Å². The summed E-state index contributed by atoms with van der Waals surface area (Å²) < 4.78 is 0. The fraction of sp³-hybridized carbons (Fsp3) is 0.385. The van der Waals surface area contributed by atoms with Gasteiger partial charge in [0.25, 0.3) is 0 Å². The summed E-state index contributed by atoms with van der Waals surface area (Å²) in [7, 11) is 0. The molecule has 0 saturated carbocycles. The van der Waals surface area contributed by atoms with E-state index < -0.39 is 5.97 Å². The van der Waals surface area contributed by atoms with Crippen molar-refractivity contribution >= 4 is 40.9 Å². The first-order valence-electron chi connectivity index (χ1n) is 5.78. The quantitative estimate of drug-likeness (QED) is 0.847. The standard InChI is InChI=1S/C13H16ClNO3S/c1-8(6-13(17)18)19-7-12(16)15-11-5-3-4-10(14)9(11)2/h3-5,8H,6-7H2,1-2H3,(H,15,16)(H,17,18). The zero-order chi connectivity index (χ0) is 14.4. The van der Waals surface area contributed by atoms with E-state index in [1.165, 1.54) is 11.8 Å². The number of thioether (sulfide) groups is 1. The molecule has 6 heteroatoms. The lowest BCUT2D eigenvalue weighted by atomic mass is 10.2. The van der Waals surface area contributed by atoms with Crippen LogP contribution in [0.2, 0.25) is 5.02 Å². The lowest BCUT2D eigenvalue weighted by Crippen LogP contribution is -2.17. The van der Waals surface area contributed by atoms with Crippen LogP contribution in [0.1, 0.15) is 18.9 Å². The van der Waals surface area contributed by atoms with Crippen molar-refractivity contribution in [2.24, 2.45) is 0 Å². The number of hydrogen-bond donors (Lipinski definition) is 2. The van der Waals surface area contributed by atoms with Gasteiger partial charge in [0.05, 0.1) is 12.2 Å². The molecule has 1 amide bonds. The molecule has 1 rings (SSSR count). The van der Waals surface area contributed by atoms with Crippen molar-refractivity contribution in [2.75, 3.05) is 11.1 Å². The number of halogens is 1. The minimum Gasteiger partial charge on any atom is -0.481 e. The third-order valence-corrected chi connectivity index (χ3v) is 4.08. The number of carbonyl (C=O) groups is 2. The SMILES string of the molecule is Cc1c(Cl)cccc1NC(=O)CSC(C)CC(=O)O. The molecule has 0 saturated heterocycles. The number of carboxylic acids is 1. The van der Waals surface area contributed by atoms with E-state index in [4.69, 9.17) is 16.7 Å². The van der Waals surface area contributed by atoms with Crippen molar-refractivity contribution in [3.8, 4) is 0 Å². The molecule has 1 aromatic carbocycles. The highest BCUT2D eigenvalue weighted by Gasteiger charge is 2.11. The Balaban J connectivity index is 2.47. The molecule has 104 valence electrons. The van der Waals surface area contributed by atoms with Crippen LogP contribution in [0.3, 0.4) is 0 Å². The highest BCUT2D eigenvalue weighted by Crippen LogP contribution is 2.23. The molecule has 0 aliphatic rings. The van der Waals surface area contributed by atoms with Gasteiger partial charge in [-0.2, -0.15) is 0 Å². The Labute approximate surface area is 121 Å². The van der Waals surface area contributed by atoms with Crippen LogP contribution in [0.4, 0.5) is 5.69 Å². The van der Waals surface area contributed by atoms with E-state index >= 15 is 0 Å². The van der Waals surface area contributed by atoms with Crippen LogP contribution in [0.5, 0.6) is 0 Å². The molecule has 4 nitrogen and oxygen atoms in total. The highest BCUT2D eigenvalue weighted by molar-refractivity contribution is 8.00. The van der Waals surface area contributed by atoms with Gasteiger partial charge in [-0.25, -0.2) is 0 Å². The lowest BCUT2D eigenvalue weighted by Gasteiger charge is -2.11. The van der Waals surface area contributed by atoms with E-state index in [0.717, 1.165) is 5.56 Å². The summed E-state index contributed by atoms with van der Waals surface area (Å²) in [5.41, 5.74) is 1.50. The molecule has 0 aliphatic heterocycles. The zero-order valence-electron chi connectivity index (χ0n) is 10.8. The Kier molecular flexibility index (Phi) is 6.18. The molecule has 0 spiro atoms. The van der Waals surface area contributed by atoms with Crippen molar-refractivity contribution in [1.29, 1.82) is 0 Å². The van der Waals surface area contributed by atoms with Crippen molar-refractivity contribution in [3.05, 3.63) is 28.8 Å². The molecular weight excluding hydrogens is 286 g/mol. The number of rotatable bonds is 6. The summed E-state index contributed by atoms with van der Waals surface area (Å²) in [6, 6.07) is 5.31. The van der Waals surface area contributed by atoms with Crippen LogP contribution in [-0.4, -0.2) is 28.0 Å². The number of benzene rings is 1. The van der Waals surface area contributed by atoms with Crippen LogP contribution in [0, 0.1) is 6.92 Å². The van der Waals surface area contributed by atoms with Gasteiger partial charge in [-0.3, -0.25) is 9.59 Å². The van der Waals surface area contributed by atoms with E-state index in [2.05, 4.69) is 5.32 Å². The lowest BCUT2D eigenvalue weighted by molar-refractivity contribution is -0.136. The van der Waals surface area contributed by atoms with Gasteiger partial charge in [0.15, 0.2) is 0 Å². The van der Waals surface area contributed by atoms with Gasteiger partial charge in [0.1, 0.15) is 0 Å². The van der Waals surface area contributed by atoms with Crippen LogP contribution < -0.4 is 5.32 Å². The number of aliphatic carboxylic acids is 1. The van der Waals surface area contributed by atoms with Gasteiger partial charge in [-0.05, 0) is 24.6 Å². The summed E-state index contributed by atoms with van der Waals surface area (Å²) in [4.78, 5) is 22.2. The second kappa shape index (κ2) is 7.40. The summed E-state index contributed by atoms with van der Waals surface area (Å²) in [5.74, 6) is -0.792. The second-order valence-electron chi connectivity index (χ2n) is 4.18. The van der Waals surface area contributed by atoms with Crippen molar-refractivity contribution in [1.82, 2.24) is 0 Å². The van der Waals surface area contributed by atoms with Crippen molar-refractivity contribution < 1.29 is 14.7 Å². The molecule has 0 heterocycles. The second-order valence-corrected chi connectivity index (χ2v) is 6.01. The Bertz CT molecular complexity index is 479. The number of nitrogens with one attached hydrogen (secondary N) is 1. The molecule has 1 atom stereocenters. The van der Waals surface area contributed by atoms with Gasteiger partial charge < -0.3 is 10.4 Å². The molecule has 2 N–H and O–H groups in total. The maximum Gasteiger partial charge on any atom is 0.304 e. The molecule has 1 aromatic rings. The molecule has 0 aliphatic carbocycles. The smallest absolute Gasteiger partial charge is 0.304 e. The average Bonchev–Trinajstić information content (AvgIpc) is 2.32. The van der Waals surface area contributed by atoms with E-state index in [-0.39, 0.29) is 23.3 Å². The third-order valence-electron chi connectivity index (χ3n) is 2.50. The number of hydrogen-bond acceptors (Lipinski definition) is 3. The number of anilines is 1. The highest BCUT2D eigenvalue weighted by atomic mass is 35.5. The third kappa shape index (κ3) is 5.53. The summed E-state index contributed by atoms with van der Waals surface area (Å²) in [6.07, 6.45) is 0.0497. The monoisotopic (exact) mass is 301 g/mol. The Morgan fingerprint density at radius 2 is 2.16 bits per heavy atom. The van der Waals surface area contributed by atoms with Gasteiger partial charge in [-0.15, -0.1) is 11.8 Å². The molecule has 1 unspecified atom stereocenters. The molecule has 0 aromatic heterocycles. The maximum absolute atomic E-state index is 11.7. The Morgan fingerprint density at radius 3 is 2.79 bits per heavy atom. The van der Waals surface area contributed by atoms with Gasteiger partial charge in [0, 0.05) is 16.0 Å². The molecular formula is C13H16ClNO3S. The largest absolute Gasteiger partial charge is 0.481 e. The Hall–Kier alpha value is -1.20. The van der Waals surface area contributed by atoms with Crippen LogP contribution in [0.15, 0.2) is 18.2 Å². The van der Waals surface area contributed by atoms with Gasteiger partial charge in [-0.1, -0.05) is 24.6 Å². The minimum atomic E-state index is -0.855. The molecule has 0 bridgehead atoms. The summed E-state index contributed by atoms with van der Waals surface area (Å²) in [5, 5.41) is 11.9. The van der Waals surface area contributed by atoms with Crippen molar-refractivity contribution in [2.45, 2.75) is 25.5 Å². The normalized spacial score (nSPS) is 11.9. The van der Waals surface area contributed by atoms with Gasteiger partial charge in [0.2, 0.25) is 5.91 Å². The van der Waals surface area contributed by atoms with Gasteiger partial charge >= 0.3 is 5.97 Å². The predicted octanol–water partition coefficient (Wildman–Crippen LogP) is 3.18. The first-order valence-corrected chi connectivity index (χ1v) is 7.21. The van der Waals surface area contributed by atoms with E-state index in [9.17, 15) is 9.59 Å². The maximum atomic E-state index is 11.7.